The molecular weight excluding hydrogens is 274 g/mol. The lowest BCUT2D eigenvalue weighted by Gasteiger charge is -2.11. The van der Waals surface area contributed by atoms with Gasteiger partial charge in [-0.2, -0.15) is 0 Å². The minimum absolute atomic E-state index is 0.0674. The Morgan fingerprint density at radius 2 is 2.10 bits per heavy atom. The van der Waals surface area contributed by atoms with Crippen molar-refractivity contribution in [2.24, 2.45) is 7.05 Å². The van der Waals surface area contributed by atoms with E-state index in [0.29, 0.717) is 5.16 Å². The van der Waals surface area contributed by atoms with Crippen LogP contribution in [0, 0.1) is 0 Å². The Morgan fingerprint density at radius 1 is 1.40 bits per heavy atom. The third-order valence-electron chi connectivity index (χ3n) is 2.86. The fourth-order valence-corrected chi connectivity index (χ4v) is 2.36. The number of carbonyl (C=O) groups is 1. The van der Waals surface area contributed by atoms with Gasteiger partial charge in [0.25, 0.3) is 0 Å². The van der Waals surface area contributed by atoms with Gasteiger partial charge >= 0.3 is 0 Å². The van der Waals surface area contributed by atoms with E-state index in [1.165, 1.54) is 17.3 Å². The molecule has 1 atom stereocenters. The number of aryl methyl sites for hydroxylation is 2. The van der Waals surface area contributed by atoms with Crippen molar-refractivity contribution < 1.29 is 4.79 Å². The number of hydrogen-bond donors (Lipinski definition) is 1. The fourth-order valence-electron chi connectivity index (χ4n) is 1.60. The van der Waals surface area contributed by atoms with Gasteiger partial charge in [-0.15, -0.1) is 5.10 Å². The maximum Gasteiger partial charge on any atom is 0.237 e. The van der Waals surface area contributed by atoms with Crippen molar-refractivity contribution in [2.75, 3.05) is 5.32 Å². The van der Waals surface area contributed by atoms with Gasteiger partial charge in [-0.25, -0.2) is 4.68 Å². The molecule has 1 aromatic heterocycles. The Hall–Kier alpha value is -1.89. The van der Waals surface area contributed by atoms with Crippen LogP contribution < -0.4 is 5.32 Å². The summed E-state index contributed by atoms with van der Waals surface area (Å²) >= 11 is 1.33. The smallest absolute Gasteiger partial charge is 0.237 e. The van der Waals surface area contributed by atoms with Crippen LogP contribution in [0.25, 0.3) is 0 Å². The summed E-state index contributed by atoms with van der Waals surface area (Å²) < 4.78 is 1.55. The number of thioether (sulfide) groups is 1. The van der Waals surface area contributed by atoms with Gasteiger partial charge in [0.05, 0.1) is 5.25 Å². The Bertz CT molecular complexity index is 581. The van der Waals surface area contributed by atoms with Gasteiger partial charge in [0.15, 0.2) is 0 Å². The van der Waals surface area contributed by atoms with Crippen molar-refractivity contribution in [3.05, 3.63) is 29.8 Å². The second kappa shape index (κ2) is 6.51. The van der Waals surface area contributed by atoms with Crippen LogP contribution in [-0.2, 0) is 18.3 Å². The van der Waals surface area contributed by atoms with Crippen molar-refractivity contribution >= 4 is 23.4 Å². The summed E-state index contributed by atoms with van der Waals surface area (Å²) in [7, 11) is 1.75. The van der Waals surface area contributed by atoms with Crippen molar-refractivity contribution in [3.63, 3.8) is 0 Å². The van der Waals surface area contributed by atoms with Crippen molar-refractivity contribution in [3.8, 4) is 0 Å². The molecule has 2 aromatic rings. The molecule has 106 valence electrons. The number of aromatic nitrogens is 4. The predicted molar refractivity (Wildman–Crippen MR) is 78.6 cm³/mol. The third kappa shape index (κ3) is 3.57. The normalized spacial score (nSPS) is 12.2. The number of amides is 1. The van der Waals surface area contributed by atoms with E-state index in [9.17, 15) is 4.79 Å². The van der Waals surface area contributed by atoms with E-state index >= 15 is 0 Å². The highest BCUT2D eigenvalue weighted by atomic mass is 32.2. The highest BCUT2D eigenvalue weighted by Gasteiger charge is 2.17. The Balaban J connectivity index is 1.95. The van der Waals surface area contributed by atoms with Crippen LogP contribution in [-0.4, -0.2) is 31.4 Å². The number of rotatable bonds is 5. The molecule has 0 radical (unpaired) electrons. The molecule has 0 spiro atoms. The Labute approximate surface area is 121 Å². The molecule has 0 aliphatic heterocycles. The summed E-state index contributed by atoms with van der Waals surface area (Å²) in [5.41, 5.74) is 2.05. The zero-order chi connectivity index (χ0) is 14.5. The van der Waals surface area contributed by atoms with E-state index in [2.05, 4.69) is 27.8 Å². The molecule has 1 amide bonds. The largest absolute Gasteiger partial charge is 0.325 e. The zero-order valence-corrected chi connectivity index (χ0v) is 12.5. The SMILES string of the molecule is CCc1ccc(NC(=O)[C@@H](C)Sc2nnnn2C)cc1. The average molecular weight is 291 g/mol. The van der Waals surface area contributed by atoms with Crippen LogP contribution in [0.4, 0.5) is 5.69 Å². The van der Waals surface area contributed by atoms with Crippen LogP contribution in [0.1, 0.15) is 19.4 Å². The third-order valence-corrected chi connectivity index (χ3v) is 3.99. The average Bonchev–Trinajstić information content (AvgIpc) is 2.85. The maximum absolute atomic E-state index is 12.1. The van der Waals surface area contributed by atoms with E-state index in [4.69, 9.17) is 0 Å². The van der Waals surface area contributed by atoms with Gasteiger partial charge in [-0.05, 0) is 41.5 Å². The van der Waals surface area contributed by atoms with E-state index in [1.807, 2.05) is 31.2 Å². The standard InChI is InChI=1S/C13H17N5OS/c1-4-10-5-7-11(8-6-10)14-12(19)9(2)20-13-15-16-17-18(13)3/h5-9H,4H2,1-3H3,(H,14,19)/t9-/m1/s1. The van der Waals surface area contributed by atoms with Crippen LogP contribution in [0.2, 0.25) is 0 Å². The molecule has 2 rings (SSSR count). The lowest BCUT2D eigenvalue weighted by molar-refractivity contribution is -0.115. The number of nitrogens with one attached hydrogen (secondary N) is 1. The topological polar surface area (TPSA) is 72.7 Å². The van der Waals surface area contributed by atoms with E-state index in [1.54, 1.807) is 11.7 Å². The van der Waals surface area contributed by atoms with Crippen molar-refractivity contribution in [1.29, 1.82) is 0 Å². The molecule has 20 heavy (non-hydrogen) atoms. The monoisotopic (exact) mass is 291 g/mol. The van der Waals surface area contributed by atoms with Crippen molar-refractivity contribution in [2.45, 2.75) is 30.7 Å². The fraction of sp³-hybridized carbons (Fsp3) is 0.385. The lowest BCUT2D eigenvalue weighted by atomic mass is 10.1. The first-order chi connectivity index (χ1) is 9.60. The predicted octanol–water partition coefficient (Wildman–Crippen LogP) is 1.89. The lowest BCUT2D eigenvalue weighted by Crippen LogP contribution is -2.22. The molecule has 1 aromatic carbocycles. The highest BCUT2D eigenvalue weighted by molar-refractivity contribution is 8.00. The first kappa shape index (κ1) is 14.5. The quantitative estimate of drug-likeness (QED) is 0.852. The molecule has 0 bridgehead atoms. The van der Waals surface area contributed by atoms with Crippen molar-refractivity contribution in [1.82, 2.24) is 20.2 Å². The second-order valence-electron chi connectivity index (χ2n) is 4.38. The Morgan fingerprint density at radius 3 is 2.65 bits per heavy atom. The molecule has 0 saturated heterocycles. The van der Waals surface area contributed by atoms with Gasteiger partial charge in [0.2, 0.25) is 11.1 Å². The summed E-state index contributed by atoms with van der Waals surface area (Å²) in [5, 5.41) is 14.4. The van der Waals surface area contributed by atoms with E-state index in [-0.39, 0.29) is 11.2 Å². The molecule has 7 heteroatoms. The number of benzene rings is 1. The summed E-state index contributed by atoms with van der Waals surface area (Å²) in [4.78, 5) is 12.1. The molecule has 0 aliphatic carbocycles. The van der Waals surface area contributed by atoms with Crippen LogP contribution in [0.3, 0.4) is 0 Å². The van der Waals surface area contributed by atoms with Gasteiger partial charge in [-0.1, -0.05) is 30.8 Å². The number of tetrazole rings is 1. The van der Waals surface area contributed by atoms with Crippen LogP contribution >= 0.6 is 11.8 Å². The summed E-state index contributed by atoms with van der Waals surface area (Å²) in [6, 6.07) is 7.86. The van der Waals surface area contributed by atoms with E-state index < -0.39 is 0 Å². The molecule has 1 N–H and O–H groups in total. The molecule has 1 heterocycles. The number of hydrogen-bond acceptors (Lipinski definition) is 5. The first-order valence-corrected chi connectivity index (χ1v) is 7.27. The second-order valence-corrected chi connectivity index (χ2v) is 5.69. The highest BCUT2D eigenvalue weighted by Crippen LogP contribution is 2.21. The molecule has 0 fully saturated rings. The molecular formula is C13H17N5OS. The number of carbonyl (C=O) groups excluding carboxylic acids is 1. The summed E-state index contributed by atoms with van der Waals surface area (Å²) in [5.74, 6) is -0.0674. The Kier molecular flexibility index (Phi) is 4.73. The van der Waals surface area contributed by atoms with Gasteiger partial charge in [0.1, 0.15) is 0 Å². The van der Waals surface area contributed by atoms with Gasteiger partial charge in [-0.3, -0.25) is 4.79 Å². The molecule has 0 unspecified atom stereocenters. The molecule has 6 nitrogen and oxygen atoms in total. The minimum atomic E-state index is -0.273. The summed E-state index contributed by atoms with van der Waals surface area (Å²) in [6.07, 6.45) is 0.986. The summed E-state index contributed by atoms with van der Waals surface area (Å²) in [6.45, 7) is 3.93. The molecule has 0 aliphatic rings. The first-order valence-electron chi connectivity index (χ1n) is 6.39. The molecule has 0 saturated carbocycles. The zero-order valence-electron chi connectivity index (χ0n) is 11.7. The number of anilines is 1. The maximum atomic E-state index is 12.1. The van der Waals surface area contributed by atoms with Gasteiger partial charge in [0, 0.05) is 12.7 Å². The van der Waals surface area contributed by atoms with Gasteiger partial charge < -0.3 is 5.32 Å². The van der Waals surface area contributed by atoms with Crippen LogP contribution in [0.5, 0.6) is 0 Å². The van der Waals surface area contributed by atoms with E-state index in [0.717, 1.165) is 12.1 Å². The minimum Gasteiger partial charge on any atom is -0.325 e. The number of nitrogens with zero attached hydrogens (tertiary/aromatic N) is 4. The van der Waals surface area contributed by atoms with Crippen LogP contribution in [0.15, 0.2) is 29.4 Å².